The Balaban J connectivity index is -0.0000000720. The second-order valence-electron chi connectivity index (χ2n) is 1.06. The van der Waals surface area contributed by atoms with Crippen molar-refractivity contribution in [3.63, 3.8) is 0 Å². The van der Waals surface area contributed by atoms with E-state index in [0.29, 0.717) is 0 Å². The summed E-state index contributed by atoms with van der Waals surface area (Å²) in [6.45, 7) is 3.76. The van der Waals surface area contributed by atoms with Crippen molar-refractivity contribution in [3.05, 3.63) is 12.8 Å². The van der Waals surface area contributed by atoms with Crippen LogP contribution < -0.4 is 0 Å². The zero-order valence-electron chi connectivity index (χ0n) is 6.12. The van der Waals surface area contributed by atoms with Gasteiger partial charge in [0, 0.05) is 0 Å². The van der Waals surface area contributed by atoms with Crippen molar-refractivity contribution in [1.82, 2.24) is 0 Å². The van der Waals surface area contributed by atoms with E-state index in [4.69, 9.17) is 12.8 Å². The summed E-state index contributed by atoms with van der Waals surface area (Å²) in [5.74, 6) is 4.36. The van der Waals surface area contributed by atoms with E-state index in [2.05, 4.69) is 11.8 Å². The summed E-state index contributed by atoms with van der Waals surface area (Å²) in [4.78, 5) is 0. The number of hydrogen-bond acceptors (Lipinski definition) is 0. The molecule has 0 aromatic rings. The Bertz CT molecular complexity index is 78.1. The monoisotopic (exact) mass is 244 g/mol. The zero-order valence-corrected chi connectivity index (χ0v) is 10.6. The van der Waals surface area contributed by atoms with Crippen LogP contribution >= 0.6 is 0 Å². The molecule has 0 atom stereocenters. The molecule has 0 fully saturated rings. The minimum Gasteiger partial charge on any atom is -0.694 e. The van der Waals surface area contributed by atoms with E-state index in [-0.39, 0.29) is 48.9 Å². The van der Waals surface area contributed by atoms with Crippen LogP contribution in [0.4, 0.5) is 0 Å². The molecule has 0 saturated carbocycles. The van der Waals surface area contributed by atoms with Crippen LogP contribution in [0.2, 0.25) is 0 Å². The third-order valence-electron chi connectivity index (χ3n) is 0.354. The van der Waals surface area contributed by atoms with Gasteiger partial charge in [-0.1, -0.05) is 13.8 Å². The van der Waals surface area contributed by atoms with Gasteiger partial charge in [-0.25, -0.2) is 0 Å². The van der Waals surface area contributed by atoms with E-state index in [9.17, 15) is 0 Å². The minimum atomic E-state index is 0. The molecule has 0 radical (unpaired) electrons. The van der Waals surface area contributed by atoms with Crippen molar-refractivity contribution in [1.29, 1.82) is 0 Å². The Kier molecular flexibility index (Phi) is 42.4. The Morgan fingerprint density at radius 3 is 1.11 bits per heavy atom. The summed E-state index contributed by atoms with van der Waals surface area (Å²) in [5.41, 5.74) is 0. The van der Waals surface area contributed by atoms with E-state index < -0.39 is 0 Å². The molecular weight excluding hydrogens is 233 g/mol. The third-order valence-corrected chi connectivity index (χ3v) is 0.354. The van der Waals surface area contributed by atoms with Crippen molar-refractivity contribution < 1.29 is 0 Å². The summed E-state index contributed by atoms with van der Waals surface area (Å²) >= 11 is 0. The molecule has 0 unspecified atom stereocenters. The van der Waals surface area contributed by atoms with Crippen LogP contribution in [0.5, 0.6) is 0 Å². The summed E-state index contributed by atoms with van der Waals surface area (Å²) in [7, 11) is 0. The van der Waals surface area contributed by atoms with Gasteiger partial charge < -0.3 is 24.7 Å². The summed E-state index contributed by atoms with van der Waals surface area (Å²) in [5, 5.41) is 0. The Hall–Kier alpha value is 0.691. The standard InChI is InChI=1S/2C4H5.Ba/c2*1-3-4-2;/h2*3H2,1H3;/q2*-1;+2. The Morgan fingerprint density at radius 1 is 1.00 bits per heavy atom. The maximum absolute atomic E-state index is 6.20. The molecule has 0 aliphatic carbocycles. The van der Waals surface area contributed by atoms with Gasteiger partial charge in [-0.3, -0.25) is 0 Å². The van der Waals surface area contributed by atoms with Crippen LogP contribution in [0.1, 0.15) is 26.7 Å². The van der Waals surface area contributed by atoms with Crippen molar-refractivity contribution in [2.45, 2.75) is 26.7 Å². The largest absolute Gasteiger partial charge is 2.00 e. The second-order valence-corrected chi connectivity index (χ2v) is 1.06. The smallest absolute Gasteiger partial charge is 0.694 e. The maximum Gasteiger partial charge on any atom is 2.00 e. The van der Waals surface area contributed by atoms with Crippen molar-refractivity contribution in [2.75, 3.05) is 0 Å². The molecule has 0 N–H and O–H groups in total. The summed E-state index contributed by atoms with van der Waals surface area (Å²) < 4.78 is 0. The van der Waals surface area contributed by atoms with Gasteiger partial charge in [0.1, 0.15) is 0 Å². The molecule has 0 aromatic carbocycles. The molecule has 0 spiro atoms. The van der Waals surface area contributed by atoms with Crippen LogP contribution in [0.3, 0.4) is 0 Å². The van der Waals surface area contributed by atoms with Gasteiger partial charge in [0.15, 0.2) is 0 Å². The van der Waals surface area contributed by atoms with E-state index in [0.717, 1.165) is 12.8 Å². The predicted octanol–water partition coefficient (Wildman–Crippen LogP) is 1.59. The summed E-state index contributed by atoms with van der Waals surface area (Å²) in [6.07, 6.45) is 13.9. The SMILES string of the molecule is [Ba+2].[C-]#CCC.[C-]#CCC. The van der Waals surface area contributed by atoms with Crippen LogP contribution in [0, 0.1) is 24.7 Å². The fourth-order valence-corrected chi connectivity index (χ4v) is 0. The van der Waals surface area contributed by atoms with Gasteiger partial charge in [0.2, 0.25) is 0 Å². The molecule has 0 aromatic heterocycles. The van der Waals surface area contributed by atoms with E-state index >= 15 is 0 Å². The molecule has 0 saturated heterocycles. The predicted molar refractivity (Wildman–Crippen MR) is 40.6 cm³/mol. The Labute approximate surface area is 98.9 Å². The van der Waals surface area contributed by atoms with Crippen LogP contribution in [-0.2, 0) is 0 Å². The van der Waals surface area contributed by atoms with Gasteiger partial charge in [-0.05, 0) is 12.8 Å². The average Bonchev–Trinajstić information content (AvgIpc) is 1.88. The van der Waals surface area contributed by atoms with Gasteiger partial charge in [0.25, 0.3) is 0 Å². The first-order valence-corrected chi connectivity index (χ1v) is 2.62. The van der Waals surface area contributed by atoms with E-state index in [1.807, 2.05) is 13.8 Å². The first-order valence-electron chi connectivity index (χ1n) is 2.62. The van der Waals surface area contributed by atoms with Crippen LogP contribution in [0.15, 0.2) is 0 Å². The van der Waals surface area contributed by atoms with Crippen LogP contribution in [0.25, 0.3) is 0 Å². The fraction of sp³-hybridized carbons (Fsp3) is 0.500. The molecular formula is C8H10Ba. The normalized spacial score (nSPS) is 4.44. The topological polar surface area (TPSA) is 0 Å². The molecule has 44 valence electrons. The molecule has 0 nitrogen and oxygen atoms in total. The molecule has 9 heavy (non-hydrogen) atoms. The molecule has 1 heteroatoms. The number of hydrogen-bond donors (Lipinski definition) is 0. The third kappa shape index (κ3) is 53.7. The zero-order chi connectivity index (χ0) is 6.83. The molecule has 0 aliphatic heterocycles. The number of rotatable bonds is 0. The van der Waals surface area contributed by atoms with Crippen molar-refractivity contribution in [3.8, 4) is 11.8 Å². The molecule has 0 bridgehead atoms. The minimum absolute atomic E-state index is 0. The fourth-order valence-electron chi connectivity index (χ4n) is 0. The Morgan fingerprint density at radius 2 is 1.11 bits per heavy atom. The van der Waals surface area contributed by atoms with Gasteiger partial charge >= 0.3 is 48.9 Å². The summed E-state index contributed by atoms with van der Waals surface area (Å²) in [6, 6.07) is 0. The second kappa shape index (κ2) is 23.4. The maximum atomic E-state index is 6.20. The van der Waals surface area contributed by atoms with Gasteiger partial charge in [-0.2, -0.15) is 0 Å². The van der Waals surface area contributed by atoms with E-state index in [1.165, 1.54) is 0 Å². The molecule has 0 rings (SSSR count). The first-order chi connectivity index (χ1) is 3.83. The average molecular weight is 243 g/mol. The van der Waals surface area contributed by atoms with Crippen LogP contribution in [-0.4, -0.2) is 48.9 Å². The van der Waals surface area contributed by atoms with Gasteiger partial charge in [0.05, 0.1) is 0 Å². The van der Waals surface area contributed by atoms with Gasteiger partial charge in [-0.15, -0.1) is 0 Å². The molecule has 0 amide bonds. The van der Waals surface area contributed by atoms with Crippen molar-refractivity contribution >= 4 is 48.9 Å². The van der Waals surface area contributed by atoms with E-state index in [1.54, 1.807) is 0 Å². The quantitative estimate of drug-likeness (QED) is 0.344. The molecule has 0 aliphatic rings. The van der Waals surface area contributed by atoms with Crippen molar-refractivity contribution in [2.24, 2.45) is 0 Å². The first kappa shape index (κ1) is 16.4. The molecule has 0 heterocycles.